The van der Waals surface area contributed by atoms with Crippen molar-refractivity contribution in [1.29, 1.82) is 0 Å². The Kier molecular flexibility index (Phi) is 3.15. The van der Waals surface area contributed by atoms with Crippen molar-refractivity contribution >= 4 is 6.09 Å². The maximum absolute atomic E-state index is 10.5. The number of hydrogen-bond acceptors (Lipinski definition) is 3. The summed E-state index contributed by atoms with van der Waals surface area (Å²) in [5.41, 5.74) is 6.34. The standard InChI is InChI=1S/C10H13NO3/c1-3-7-4-8(14-10(11)13)5-9(12)6(7)2/h1,8-9,12H,4-5H2,2H3,(H2,11,13)/t8-,9+/m1/s1. The molecule has 0 radical (unpaired) electrons. The Morgan fingerprint density at radius 3 is 2.93 bits per heavy atom. The van der Waals surface area contributed by atoms with Gasteiger partial charge in [-0.15, -0.1) is 6.42 Å². The van der Waals surface area contributed by atoms with Crippen molar-refractivity contribution in [1.82, 2.24) is 0 Å². The van der Waals surface area contributed by atoms with Crippen molar-refractivity contribution in [2.24, 2.45) is 5.73 Å². The topological polar surface area (TPSA) is 72.6 Å². The van der Waals surface area contributed by atoms with Crippen LogP contribution in [0.1, 0.15) is 19.8 Å². The summed E-state index contributed by atoms with van der Waals surface area (Å²) < 4.78 is 4.79. The van der Waals surface area contributed by atoms with Gasteiger partial charge < -0.3 is 15.6 Å². The minimum atomic E-state index is -0.835. The van der Waals surface area contributed by atoms with Gasteiger partial charge in [0.1, 0.15) is 6.10 Å². The van der Waals surface area contributed by atoms with Crippen molar-refractivity contribution in [2.75, 3.05) is 0 Å². The summed E-state index contributed by atoms with van der Waals surface area (Å²) in [6.07, 6.45) is 4.20. The third-order valence-corrected chi connectivity index (χ3v) is 2.35. The molecule has 0 bridgehead atoms. The van der Waals surface area contributed by atoms with E-state index in [-0.39, 0.29) is 0 Å². The number of carbonyl (C=O) groups is 1. The van der Waals surface area contributed by atoms with Crippen LogP contribution < -0.4 is 5.73 Å². The molecular weight excluding hydrogens is 182 g/mol. The molecule has 14 heavy (non-hydrogen) atoms. The van der Waals surface area contributed by atoms with Gasteiger partial charge >= 0.3 is 6.09 Å². The number of nitrogens with two attached hydrogens (primary N) is 1. The average molecular weight is 195 g/mol. The van der Waals surface area contributed by atoms with E-state index in [9.17, 15) is 9.90 Å². The second-order valence-corrected chi connectivity index (χ2v) is 3.32. The lowest BCUT2D eigenvalue weighted by Gasteiger charge is -2.26. The Hall–Kier alpha value is -1.47. The van der Waals surface area contributed by atoms with Crippen LogP contribution in [0.15, 0.2) is 11.1 Å². The van der Waals surface area contributed by atoms with Crippen LogP contribution in [0.5, 0.6) is 0 Å². The van der Waals surface area contributed by atoms with Gasteiger partial charge in [-0.25, -0.2) is 4.79 Å². The smallest absolute Gasteiger partial charge is 0.404 e. The van der Waals surface area contributed by atoms with Gasteiger partial charge in [0.2, 0.25) is 0 Å². The number of ether oxygens (including phenoxy) is 1. The van der Waals surface area contributed by atoms with Gasteiger partial charge in [-0.3, -0.25) is 0 Å². The van der Waals surface area contributed by atoms with Gasteiger partial charge in [-0.1, -0.05) is 5.92 Å². The van der Waals surface area contributed by atoms with E-state index >= 15 is 0 Å². The van der Waals surface area contributed by atoms with E-state index in [1.54, 1.807) is 6.92 Å². The Bertz CT molecular complexity index is 314. The van der Waals surface area contributed by atoms with Crippen LogP contribution in [-0.4, -0.2) is 23.4 Å². The predicted octanol–water partition coefficient (Wildman–Crippen LogP) is 0.555. The lowest BCUT2D eigenvalue weighted by atomic mass is 9.89. The number of hydrogen-bond donors (Lipinski definition) is 2. The first-order valence-electron chi connectivity index (χ1n) is 4.35. The lowest BCUT2D eigenvalue weighted by molar-refractivity contribution is 0.0627. The summed E-state index contributed by atoms with van der Waals surface area (Å²) in [5.74, 6) is 2.47. The molecule has 0 spiro atoms. The highest BCUT2D eigenvalue weighted by molar-refractivity contribution is 5.65. The molecule has 1 amide bonds. The largest absolute Gasteiger partial charge is 0.446 e. The number of terminal acetylenes is 1. The molecule has 0 aromatic carbocycles. The predicted molar refractivity (Wildman–Crippen MR) is 51.2 cm³/mol. The van der Waals surface area contributed by atoms with Crippen LogP contribution in [0.3, 0.4) is 0 Å². The highest BCUT2D eigenvalue weighted by Gasteiger charge is 2.26. The maximum Gasteiger partial charge on any atom is 0.404 e. The van der Waals surface area contributed by atoms with Gasteiger partial charge in [0.25, 0.3) is 0 Å². The molecule has 76 valence electrons. The van der Waals surface area contributed by atoms with E-state index in [2.05, 4.69) is 5.92 Å². The normalized spacial score (nSPS) is 26.9. The highest BCUT2D eigenvalue weighted by Crippen LogP contribution is 2.26. The van der Waals surface area contributed by atoms with E-state index in [1.807, 2.05) is 0 Å². The van der Waals surface area contributed by atoms with Gasteiger partial charge in [-0.2, -0.15) is 0 Å². The SMILES string of the molecule is C#CC1=C(C)[C@@H](O)C[C@H](OC(N)=O)C1. The molecule has 0 fully saturated rings. The van der Waals surface area contributed by atoms with Crippen LogP contribution in [0.25, 0.3) is 0 Å². The van der Waals surface area contributed by atoms with Crippen molar-refractivity contribution in [3.63, 3.8) is 0 Å². The van der Waals surface area contributed by atoms with Gasteiger partial charge in [0.05, 0.1) is 6.10 Å². The molecule has 0 aromatic heterocycles. The van der Waals surface area contributed by atoms with Crippen LogP contribution in [0.4, 0.5) is 4.79 Å². The average Bonchev–Trinajstić information content (AvgIpc) is 2.10. The van der Waals surface area contributed by atoms with E-state index in [1.165, 1.54) is 0 Å². The van der Waals surface area contributed by atoms with Crippen molar-refractivity contribution < 1.29 is 14.6 Å². The number of rotatable bonds is 1. The zero-order chi connectivity index (χ0) is 10.7. The second-order valence-electron chi connectivity index (χ2n) is 3.32. The van der Waals surface area contributed by atoms with Gasteiger partial charge in [0, 0.05) is 18.4 Å². The Morgan fingerprint density at radius 1 is 1.79 bits per heavy atom. The van der Waals surface area contributed by atoms with Crippen LogP contribution >= 0.6 is 0 Å². The van der Waals surface area contributed by atoms with Crippen LogP contribution in [0, 0.1) is 12.3 Å². The third kappa shape index (κ3) is 2.27. The number of primary amides is 1. The summed E-state index contributed by atoms with van der Waals surface area (Å²) in [7, 11) is 0. The summed E-state index contributed by atoms with van der Waals surface area (Å²) >= 11 is 0. The molecule has 3 N–H and O–H groups in total. The van der Waals surface area contributed by atoms with E-state index in [0.717, 1.165) is 5.57 Å². The fourth-order valence-corrected chi connectivity index (χ4v) is 1.53. The molecule has 1 aliphatic rings. The van der Waals surface area contributed by atoms with Gasteiger partial charge in [0.15, 0.2) is 0 Å². The lowest BCUT2D eigenvalue weighted by Crippen LogP contribution is -2.31. The molecule has 4 heteroatoms. The number of amides is 1. The van der Waals surface area contributed by atoms with E-state index in [0.29, 0.717) is 18.4 Å². The fraction of sp³-hybridized carbons (Fsp3) is 0.500. The molecule has 0 unspecified atom stereocenters. The minimum Gasteiger partial charge on any atom is -0.446 e. The quantitative estimate of drug-likeness (QED) is 0.600. The van der Waals surface area contributed by atoms with Crippen LogP contribution in [-0.2, 0) is 4.74 Å². The van der Waals surface area contributed by atoms with Gasteiger partial charge in [-0.05, 0) is 12.5 Å². The first kappa shape index (κ1) is 10.6. The molecule has 1 aliphatic carbocycles. The first-order chi connectivity index (χ1) is 6.54. The summed E-state index contributed by atoms with van der Waals surface area (Å²) in [6.45, 7) is 1.78. The number of carbonyl (C=O) groups excluding carboxylic acids is 1. The number of aliphatic hydroxyl groups excluding tert-OH is 1. The molecule has 0 saturated carbocycles. The molecule has 0 aromatic rings. The molecule has 2 atom stereocenters. The van der Waals surface area contributed by atoms with Crippen molar-refractivity contribution in [2.45, 2.75) is 32.0 Å². The van der Waals surface area contributed by atoms with E-state index < -0.39 is 18.3 Å². The Labute approximate surface area is 82.7 Å². The second kappa shape index (κ2) is 4.16. The minimum absolute atomic E-state index is 0.361. The van der Waals surface area contributed by atoms with E-state index in [4.69, 9.17) is 16.9 Å². The molecule has 4 nitrogen and oxygen atoms in total. The molecule has 1 rings (SSSR count). The summed E-state index contributed by atoms with van der Waals surface area (Å²) in [5, 5.41) is 9.58. The fourth-order valence-electron chi connectivity index (χ4n) is 1.53. The molecule has 0 saturated heterocycles. The Morgan fingerprint density at radius 2 is 2.43 bits per heavy atom. The zero-order valence-electron chi connectivity index (χ0n) is 7.99. The summed E-state index contributed by atoms with van der Waals surface area (Å²) in [6, 6.07) is 0. The van der Waals surface area contributed by atoms with Crippen molar-refractivity contribution in [3.05, 3.63) is 11.1 Å². The molecule has 0 aliphatic heterocycles. The first-order valence-corrected chi connectivity index (χ1v) is 4.35. The number of aliphatic hydroxyl groups is 1. The molecule has 0 heterocycles. The monoisotopic (exact) mass is 195 g/mol. The van der Waals surface area contributed by atoms with Crippen LogP contribution in [0.2, 0.25) is 0 Å². The van der Waals surface area contributed by atoms with Crippen molar-refractivity contribution in [3.8, 4) is 12.3 Å². The summed E-state index contributed by atoms with van der Waals surface area (Å²) in [4.78, 5) is 10.5. The Balaban J connectivity index is 2.75. The third-order valence-electron chi connectivity index (χ3n) is 2.35. The maximum atomic E-state index is 10.5. The molecular formula is C10H13NO3. The highest BCUT2D eigenvalue weighted by atomic mass is 16.6. The zero-order valence-corrected chi connectivity index (χ0v) is 7.99.